The number of carbonyl (C=O) groups is 1. The SMILES string of the molecule is CC1CN(C(=O)CCn2ccnc2)C(C)CN1.Cl.Cl. The quantitative estimate of drug-likeness (QED) is 0.916. The fourth-order valence-electron chi connectivity index (χ4n) is 2.16. The van der Waals surface area contributed by atoms with E-state index in [1.165, 1.54) is 0 Å². The Balaban J connectivity index is 0.00000162. The van der Waals surface area contributed by atoms with Crippen molar-refractivity contribution in [2.75, 3.05) is 13.1 Å². The van der Waals surface area contributed by atoms with E-state index >= 15 is 0 Å². The Hall–Kier alpha value is -0.780. The number of halogens is 2. The lowest BCUT2D eigenvalue weighted by Crippen LogP contribution is -2.56. The molecular formula is C12H22Cl2N4O. The van der Waals surface area contributed by atoms with Gasteiger partial charge in [0, 0.05) is 50.5 Å². The number of carbonyl (C=O) groups excluding carboxylic acids is 1. The van der Waals surface area contributed by atoms with Crippen molar-refractivity contribution < 1.29 is 4.79 Å². The first kappa shape index (κ1) is 18.2. The van der Waals surface area contributed by atoms with Crippen LogP contribution in [-0.2, 0) is 11.3 Å². The molecule has 1 N–H and O–H groups in total. The van der Waals surface area contributed by atoms with Crippen LogP contribution in [0.5, 0.6) is 0 Å². The van der Waals surface area contributed by atoms with Crippen LogP contribution in [0.2, 0.25) is 0 Å². The van der Waals surface area contributed by atoms with Crippen LogP contribution in [0.4, 0.5) is 0 Å². The predicted octanol–water partition coefficient (Wildman–Crippen LogP) is 1.33. The number of nitrogens with zero attached hydrogens (tertiary/aromatic N) is 3. The summed E-state index contributed by atoms with van der Waals surface area (Å²) in [5.74, 6) is 0.236. The molecule has 2 unspecified atom stereocenters. The van der Waals surface area contributed by atoms with Crippen molar-refractivity contribution in [3.8, 4) is 0 Å². The van der Waals surface area contributed by atoms with Crippen molar-refractivity contribution in [1.82, 2.24) is 19.8 Å². The van der Waals surface area contributed by atoms with E-state index in [9.17, 15) is 4.79 Å². The second-order valence-electron chi connectivity index (χ2n) is 4.75. The van der Waals surface area contributed by atoms with Gasteiger partial charge in [-0.2, -0.15) is 0 Å². The summed E-state index contributed by atoms with van der Waals surface area (Å²) in [5, 5.41) is 3.38. The third kappa shape index (κ3) is 5.01. The summed E-state index contributed by atoms with van der Waals surface area (Å²) < 4.78 is 1.94. The van der Waals surface area contributed by atoms with E-state index < -0.39 is 0 Å². The van der Waals surface area contributed by atoms with Crippen LogP contribution < -0.4 is 5.32 Å². The molecule has 0 saturated carbocycles. The molecule has 0 radical (unpaired) electrons. The lowest BCUT2D eigenvalue weighted by molar-refractivity contribution is -0.134. The zero-order chi connectivity index (χ0) is 12.3. The Morgan fingerprint density at radius 1 is 1.42 bits per heavy atom. The third-order valence-electron chi connectivity index (χ3n) is 3.23. The first-order valence-corrected chi connectivity index (χ1v) is 6.15. The number of rotatable bonds is 3. The molecule has 19 heavy (non-hydrogen) atoms. The summed E-state index contributed by atoms with van der Waals surface area (Å²) in [4.78, 5) is 18.1. The minimum atomic E-state index is 0. The molecule has 2 atom stereocenters. The number of hydrogen-bond donors (Lipinski definition) is 1. The molecule has 0 aromatic carbocycles. The van der Waals surface area contributed by atoms with Crippen LogP contribution in [0, 0.1) is 0 Å². The molecule has 1 aliphatic rings. The van der Waals surface area contributed by atoms with Gasteiger partial charge in [0.1, 0.15) is 0 Å². The predicted molar refractivity (Wildman–Crippen MR) is 80.0 cm³/mol. The molecule has 1 saturated heterocycles. The van der Waals surface area contributed by atoms with Crippen LogP contribution in [0.25, 0.3) is 0 Å². The van der Waals surface area contributed by atoms with Crippen molar-refractivity contribution in [3.05, 3.63) is 18.7 Å². The van der Waals surface area contributed by atoms with E-state index in [1.54, 1.807) is 12.5 Å². The molecule has 2 rings (SSSR count). The maximum atomic E-state index is 12.1. The van der Waals surface area contributed by atoms with E-state index in [2.05, 4.69) is 24.1 Å². The molecule has 0 bridgehead atoms. The first-order chi connectivity index (χ1) is 8.16. The Labute approximate surface area is 126 Å². The summed E-state index contributed by atoms with van der Waals surface area (Å²) in [6.07, 6.45) is 5.92. The number of nitrogens with one attached hydrogen (secondary N) is 1. The summed E-state index contributed by atoms with van der Waals surface area (Å²) in [6.45, 7) is 6.61. The molecule has 1 aliphatic heterocycles. The lowest BCUT2D eigenvalue weighted by Gasteiger charge is -2.37. The Morgan fingerprint density at radius 3 is 2.79 bits per heavy atom. The second-order valence-corrected chi connectivity index (χ2v) is 4.75. The number of aryl methyl sites for hydroxylation is 1. The van der Waals surface area contributed by atoms with E-state index in [0.717, 1.165) is 13.1 Å². The maximum Gasteiger partial charge on any atom is 0.224 e. The van der Waals surface area contributed by atoms with Crippen LogP contribution >= 0.6 is 24.8 Å². The molecule has 1 aromatic rings. The molecule has 0 spiro atoms. The molecule has 2 heterocycles. The zero-order valence-corrected chi connectivity index (χ0v) is 12.9. The fourth-order valence-corrected chi connectivity index (χ4v) is 2.16. The normalized spacial score (nSPS) is 22.3. The zero-order valence-electron chi connectivity index (χ0n) is 11.3. The number of amides is 1. The molecule has 110 valence electrons. The van der Waals surface area contributed by atoms with Gasteiger partial charge >= 0.3 is 0 Å². The van der Waals surface area contributed by atoms with Gasteiger partial charge in [0.2, 0.25) is 5.91 Å². The molecule has 1 aromatic heterocycles. The first-order valence-electron chi connectivity index (χ1n) is 6.15. The number of hydrogen-bond acceptors (Lipinski definition) is 3. The van der Waals surface area contributed by atoms with Crippen molar-refractivity contribution in [2.45, 2.75) is 38.9 Å². The van der Waals surface area contributed by atoms with E-state index in [0.29, 0.717) is 25.0 Å². The molecule has 1 amide bonds. The van der Waals surface area contributed by atoms with E-state index in [1.807, 2.05) is 15.7 Å². The van der Waals surface area contributed by atoms with Gasteiger partial charge in [-0.15, -0.1) is 24.8 Å². The summed E-state index contributed by atoms with van der Waals surface area (Å²) in [6, 6.07) is 0.685. The van der Waals surface area contributed by atoms with Gasteiger partial charge in [-0.3, -0.25) is 4.79 Å². The highest BCUT2D eigenvalue weighted by molar-refractivity contribution is 5.85. The molecule has 0 aliphatic carbocycles. The lowest BCUT2D eigenvalue weighted by atomic mass is 10.1. The highest BCUT2D eigenvalue weighted by Gasteiger charge is 2.25. The maximum absolute atomic E-state index is 12.1. The average molecular weight is 309 g/mol. The average Bonchev–Trinajstić information content (AvgIpc) is 2.82. The van der Waals surface area contributed by atoms with Gasteiger partial charge in [0.25, 0.3) is 0 Å². The molecular weight excluding hydrogens is 287 g/mol. The van der Waals surface area contributed by atoms with Crippen LogP contribution in [-0.4, -0.2) is 45.5 Å². The largest absolute Gasteiger partial charge is 0.337 e. The summed E-state index contributed by atoms with van der Waals surface area (Å²) >= 11 is 0. The Bertz CT molecular complexity index is 372. The Morgan fingerprint density at radius 2 is 2.16 bits per heavy atom. The van der Waals surface area contributed by atoms with Crippen LogP contribution in [0.1, 0.15) is 20.3 Å². The standard InChI is InChI=1S/C12H20N4O.2ClH/c1-10-8-16(11(2)7-14-10)12(17)3-5-15-6-4-13-9-15;;/h4,6,9-11,14H,3,5,7-8H2,1-2H3;2*1H. The van der Waals surface area contributed by atoms with Crippen molar-refractivity contribution >= 4 is 30.7 Å². The Kier molecular flexibility index (Phi) is 8.06. The monoisotopic (exact) mass is 308 g/mol. The topological polar surface area (TPSA) is 50.2 Å². The number of aromatic nitrogens is 2. The van der Waals surface area contributed by atoms with Crippen LogP contribution in [0.15, 0.2) is 18.7 Å². The van der Waals surface area contributed by atoms with E-state index in [4.69, 9.17) is 0 Å². The third-order valence-corrected chi connectivity index (χ3v) is 3.23. The minimum Gasteiger partial charge on any atom is -0.337 e. The molecule has 5 nitrogen and oxygen atoms in total. The van der Waals surface area contributed by atoms with Crippen molar-refractivity contribution in [1.29, 1.82) is 0 Å². The summed E-state index contributed by atoms with van der Waals surface area (Å²) in [7, 11) is 0. The van der Waals surface area contributed by atoms with Gasteiger partial charge in [0.15, 0.2) is 0 Å². The molecule has 1 fully saturated rings. The van der Waals surface area contributed by atoms with Gasteiger partial charge < -0.3 is 14.8 Å². The number of imidazole rings is 1. The van der Waals surface area contributed by atoms with Gasteiger partial charge in [-0.05, 0) is 13.8 Å². The second kappa shape index (κ2) is 8.40. The fraction of sp³-hybridized carbons (Fsp3) is 0.667. The summed E-state index contributed by atoms with van der Waals surface area (Å²) in [5.41, 5.74) is 0. The highest BCUT2D eigenvalue weighted by atomic mass is 35.5. The van der Waals surface area contributed by atoms with Crippen molar-refractivity contribution in [3.63, 3.8) is 0 Å². The number of piperazine rings is 1. The highest BCUT2D eigenvalue weighted by Crippen LogP contribution is 2.09. The smallest absolute Gasteiger partial charge is 0.224 e. The van der Waals surface area contributed by atoms with E-state index in [-0.39, 0.29) is 30.7 Å². The minimum absolute atomic E-state index is 0. The van der Waals surface area contributed by atoms with Gasteiger partial charge in [0.05, 0.1) is 6.33 Å². The van der Waals surface area contributed by atoms with Crippen LogP contribution in [0.3, 0.4) is 0 Å². The molecule has 7 heteroatoms. The van der Waals surface area contributed by atoms with Crippen molar-refractivity contribution in [2.24, 2.45) is 0 Å². The van der Waals surface area contributed by atoms with Gasteiger partial charge in [-0.1, -0.05) is 0 Å². The van der Waals surface area contributed by atoms with Gasteiger partial charge in [-0.25, -0.2) is 4.98 Å².